The molecule has 0 unspecified atom stereocenters. The summed E-state index contributed by atoms with van der Waals surface area (Å²) in [6, 6.07) is 1.43. The lowest BCUT2D eigenvalue weighted by molar-refractivity contribution is -0.0970. The van der Waals surface area contributed by atoms with E-state index in [-0.39, 0.29) is 5.82 Å². The standard InChI is InChI=1S/C12H21N3O5Si/c1-21(2,3)12(10(18)9(17)7(6-16)20-12)15-5-4-8(13)14-11(15)19/h4-5,7,9-10,16-18H,6H2,1-3H3,(H2,13,14,19)/t7-,9-,10-,12+/m1/s1. The summed E-state index contributed by atoms with van der Waals surface area (Å²) in [5, 5.41) is 28.5. The van der Waals surface area contributed by atoms with E-state index in [9.17, 15) is 20.1 Å². The Morgan fingerprint density at radius 1 is 1.48 bits per heavy atom. The number of hydrogen-bond donors (Lipinski definition) is 4. The van der Waals surface area contributed by atoms with E-state index in [1.54, 1.807) is 0 Å². The highest BCUT2D eigenvalue weighted by atomic mass is 28.3. The fraction of sp³-hybridized carbons (Fsp3) is 0.667. The summed E-state index contributed by atoms with van der Waals surface area (Å²) in [5.41, 5.74) is 4.82. The molecular formula is C12H21N3O5Si. The van der Waals surface area contributed by atoms with E-state index < -0.39 is 44.0 Å². The molecule has 2 rings (SSSR count). The predicted molar refractivity (Wildman–Crippen MR) is 78.2 cm³/mol. The molecule has 1 aromatic rings. The van der Waals surface area contributed by atoms with Gasteiger partial charge in [-0.05, 0) is 6.07 Å². The van der Waals surface area contributed by atoms with Crippen molar-refractivity contribution in [2.45, 2.75) is 43.3 Å². The first-order valence-electron chi connectivity index (χ1n) is 6.65. The van der Waals surface area contributed by atoms with Crippen LogP contribution < -0.4 is 11.4 Å². The molecule has 5 N–H and O–H groups in total. The largest absolute Gasteiger partial charge is 0.394 e. The molecule has 0 amide bonds. The fourth-order valence-corrected chi connectivity index (χ4v) is 5.26. The van der Waals surface area contributed by atoms with Gasteiger partial charge in [0.1, 0.15) is 32.2 Å². The Hall–Kier alpha value is -1.26. The van der Waals surface area contributed by atoms with Crippen LogP contribution in [0.3, 0.4) is 0 Å². The topological polar surface area (TPSA) is 131 Å². The molecule has 118 valence electrons. The Bertz CT molecular complexity index is 587. The third-order valence-corrected chi connectivity index (χ3v) is 6.68. The van der Waals surface area contributed by atoms with Crippen molar-refractivity contribution in [1.29, 1.82) is 0 Å². The van der Waals surface area contributed by atoms with E-state index in [0.29, 0.717) is 0 Å². The van der Waals surface area contributed by atoms with Crippen molar-refractivity contribution in [3.05, 3.63) is 22.7 Å². The van der Waals surface area contributed by atoms with Crippen LogP contribution in [0.1, 0.15) is 0 Å². The Morgan fingerprint density at radius 3 is 2.52 bits per heavy atom. The number of aliphatic hydroxyl groups excluding tert-OH is 3. The summed E-state index contributed by atoms with van der Waals surface area (Å²) < 4.78 is 6.97. The van der Waals surface area contributed by atoms with Crippen molar-refractivity contribution in [2.75, 3.05) is 12.3 Å². The van der Waals surface area contributed by atoms with Crippen LogP contribution >= 0.6 is 0 Å². The quantitative estimate of drug-likeness (QED) is 0.498. The van der Waals surface area contributed by atoms with E-state index in [4.69, 9.17) is 10.5 Å². The van der Waals surface area contributed by atoms with Gasteiger partial charge in [-0.1, -0.05) is 19.6 Å². The van der Waals surface area contributed by atoms with Gasteiger partial charge in [-0.15, -0.1) is 0 Å². The molecule has 1 saturated heterocycles. The smallest absolute Gasteiger partial charge is 0.351 e. The number of nitrogen functional groups attached to an aromatic ring is 1. The molecule has 0 spiro atoms. The summed E-state index contributed by atoms with van der Waals surface area (Å²) in [6.07, 6.45) is -2.19. The van der Waals surface area contributed by atoms with Crippen molar-refractivity contribution < 1.29 is 20.1 Å². The molecule has 4 atom stereocenters. The van der Waals surface area contributed by atoms with E-state index in [1.165, 1.54) is 16.8 Å². The number of ether oxygens (including phenoxy) is 1. The van der Waals surface area contributed by atoms with Crippen molar-refractivity contribution in [1.82, 2.24) is 9.55 Å². The Labute approximate surface area is 122 Å². The molecular weight excluding hydrogens is 294 g/mol. The number of rotatable bonds is 3. The summed E-state index contributed by atoms with van der Waals surface area (Å²) in [4.78, 5) is 15.8. The number of hydrogen-bond acceptors (Lipinski definition) is 7. The zero-order valence-electron chi connectivity index (χ0n) is 12.2. The molecule has 1 aromatic heterocycles. The van der Waals surface area contributed by atoms with Crippen molar-refractivity contribution >= 4 is 13.9 Å². The van der Waals surface area contributed by atoms with E-state index in [1.807, 2.05) is 19.6 Å². The summed E-state index contributed by atoms with van der Waals surface area (Å²) >= 11 is 0. The van der Waals surface area contributed by atoms with Crippen molar-refractivity contribution in [2.24, 2.45) is 0 Å². The van der Waals surface area contributed by atoms with Gasteiger partial charge in [0, 0.05) is 6.20 Å². The first-order valence-corrected chi connectivity index (χ1v) is 10.2. The molecule has 2 heterocycles. The van der Waals surface area contributed by atoms with E-state index >= 15 is 0 Å². The van der Waals surface area contributed by atoms with Crippen LogP contribution in [0, 0.1) is 0 Å². The van der Waals surface area contributed by atoms with Gasteiger partial charge in [-0.3, -0.25) is 4.57 Å². The van der Waals surface area contributed by atoms with Crippen LogP contribution in [0.15, 0.2) is 17.1 Å². The van der Waals surface area contributed by atoms with Crippen LogP contribution in [-0.2, 0) is 10.1 Å². The fourth-order valence-electron chi connectivity index (χ4n) is 2.80. The van der Waals surface area contributed by atoms with Gasteiger partial charge in [0.15, 0.2) is 5.35 Å². The van der Waals surface area contributed by atoms with Crippen LogP contribution in [0.5, 0.6) is 0 Å². The maximum absolute atomic E-state index is 12.2. The lowest BCUT2D eigenvalue weighted by atomic mass is 10.1. The first kappa shape index (κ1) is 16.1. The average Bonchev–Trinajstić information content (AvgIpc) is 2.63. The van der Waals surface area contributed by atoms with Crippen LogP contribution in [0.2, 0.25) is 19.6 Å². The monoisotopic (exact) mass is 315 g/mol. The maximum atomic E-state index is 12.2. The minimum atomic E-state index is -2.39. The third-order valence-electron chi connectivity index (χ3n) is 3.87. The summed E-state index contributed by atoms with van der Waals surface area (Å²) in [6.45, 7) is 5.23. The van der Waals surface area contributed by atoms with Gasteiger partial charge in [-0.2, -0.15) is 4.98 Å². The van der Waals surface area contributed by atoms with Gasteiger partial charge >= 0.3 is 5.69 Å². The lowest BCUT2D eigenvalue weighted by Gasteiger charge is -2.43. The number of aliphatic hydroxyl groups is 3. The Kier molecular flexibility index (Phi) is 3.97. The number of nitrogens with zero attached hydrogens (tertiary/aromatic N) is 2. The average molecular weight is 315 g/mol. The van der Waals surface area contributed by atoms with Gasteiger partial charge in [0.25, 0.3) is 0 Å². The molecule has 0 saturated carbocycles. The molecule has 0 aliphatic carbocycles. The highest BCUT2D eigenvalue weighted by molar-refractivity contribution is 6.78. The maximum Gasteiger partial charge on any atom is 0.351 e. The SMILES string of the molecule is C[Si](C)(C)[C@@]1(n2ccc(N)nc2=O)O[C@H](CO)[C@@H](O)[C@H]1O. The molecule has 0 bridgehead atoms. The van der Waals surface area contributed by atoms with E-state index in [0.717, 1.165) is 0 Å². The van der Waals surface area contributed by atoms with Crippen molar-refractivity contribution in [3.63, 3.8) is 0 Å². The number of nitrogens with two attached hydrogens (primary N) is 1. The summed E-state index contributed by atoms with van der Waals surface area (Å²) in [5.74, 6) is 0.0636. The molecule has 1 aliphatic heterocycles. The minimum Gasteiger partial charge on any atom is -0.394 e. The number of aromatic nitrogens is 2. The summed E-state index contributed by atoms with van der Waals surface area (Å²) in [7, 11) is -2.39. The predicted octanol–water partition coefficient (Wildman–Crippen LogP) is -1.53. The van der Waals surface area contributed by atoms with Gasteiger partial charge in [0.2, 0.25) is 0 Å². The Balaban J connectivity index is 2.68. The molecule has 0 radical (unpaired) electrons. The van der Waals surface area contributed by atoms with Crippen LogP contribution in [0.4, 0.5) is 5.82 Å². The van der Waals surface area contributed by atoms with E-state index in [2.05, 4.69) is 4.98 Å². The third kappa shape index (κ3) is 2.30. The molecule has 1 fully saturated rings. The second-order valence-electron chi connectivity index (χ2n) is 6.23. The Morgan fingerprint density at radius 2 is 2.10 bits per heavy atom. The lowest BCUT2D eigenvalue weighted by Crippen LogP contribution is -2.64. The molecule has 1 aliphatic rings. The highest BCUT2D eigenvalue weighted by Crippen LogP contribution is 2.41. The zero-order valence-corrected chi connectivity index (χ0v) is 13.2. The first-order chi connectivity index (χ1) is 9.65. The second kappa shape index (κ2) is 5.18. The van der Waals surface area contributed by atoms with Crippen LogP contribution in [-0.4, -0.2) is 57.9 Å². The second-order valence-corrected chi connectivity index (χ2v) is 11.4. The molecule has 0 aromatic carbocycles. The van der Waals surface area contributed by atoms with Crippen molar-refractivity contribution in [3.8, 4) is 0 Å². The highest BCUT2D eigenvalue weighted by Gasteiger charge is 2.62. The van der Waals surface area contributed by atoms with Crippen LogP contribution in [0.25, 0.3) is 0 Å². The van der Waals surface area contributed by atoms with Gasteiger partial charge in [-0.25, -0.2) is 4.79 Å². The zero-order chi connectivity index (χ0) is 16.0. The number of anilines is 1. The molecule has 8 nitrogen and oxygen atoms in total. The molecule has 21 heavy (non-hydrogen) atoms. The van der Waals surface area contributed by atoms with Gasteiger partial charge < -0.3 is 25.8 Å². The minimum absolute atomic E-state index is 0.0636. The van der Waals surface area contributed by atoms with Gasteiger partial charge in [0.05, 0.1) is 6.61 Å². The normalized spacial score (nSPS) is 33.3. The molecule has 9 heteroatoms.